The molecule has 0 heterocycles. The molecular formula is C18H20FNO. The van der Waals surface area contributed by atoms with Crippen LogP contribution >= 0.6 is 0 Å². The molecule has 0 bridgehead atoms. The minimum absolute atomic E-state index is 0.173. The van der Waals surface area contributed by atoms with E-state index in [1.54, 1.807) is 6.07 Å². The maximum absolute atomic E-state index is 14.2. The summed E-state index contributed by atoms with van der Waals surface area (Å²) in [6.45, 7) is 1.89. The number of nitrogens with one attached hydrogen (secondary N) is 1. The normalized spacial score (nSPS) is 15.8. The maximum atomic E-state index is 14.2. The average Bonchev–Trinajstić information content (AvgIpc) is 3.26. The molecule has 1 fully saturated rings. The first kappa shape index (κ1) is 14.1. The minimum atomic E-state index is -0.178. The van der Waals surface area contributed by atoms with Crippen molar-refractivity contribution < 1.29 is 9.13 Å². The van der Waals surface area contributed by atoms with Gasteiger partial charge in [0.2, 0.25) is 0 Å². The molecule has 21 heavy (non-hydrogen) atoms. The van der Waals surface area contributed by atoms with Gasteiger partial charge in [-0.15, -0.1) is 0 Å². The SMILES string of the molecule is CNC(c1cccc(OC2CC2)c1)c1ccc(C)cc1F. The van der Waals surface area contributed by atoms with E-state index in [1.807, 2.05) is 50.4 Å². The van der Waals surface area contributed by atoms with Gasteiger partial charge < -0.3 is 10.1 Å². The smallest absolute Gasteiger partial charge is 0.128 e. The Morgan fingerprint density at radius 2 is 2.00 bits per heavy atom. The lowest BCUT2D eigenvalue weighted by molar-refractivity contribution is 0.302. The Hall–Kier alpha value is -1.87. The standard InChI is InChI=1S/C18H20FNO/c1-12-6-9-16(17(19)10-12)18(20-2)13-4-3-5-15(11-13)21-14-7-8-14/h3-6,9-11,14,18,20H,7-8H2,1-2H3. The second-order valence-electron chi connectivity index (χ2n) is 5.64. The molecule has 0 radical (unpaired) electrons. The molecule has 1 unspecified atom stereocenters. The third kappa shape index (κ3) is 3.24. The highest BCUT2D eigenvalue weighted by molar-refractivity contribution is 5.38. The Labute approximate surface area is 125 Å². The quantitative estimate of drug-likeness (QED) is 0.897. The highest BCUT2D eigenvalue weighted by atomic mass is 19.1. The molecule has 0 aliphatic heterocycles. The zero-order valence-electron chi connectivity index (χ0n) is 12.4. The Balaban J connectivity index is 1.91. The summed E-state index contributed by atoms with van der Waals surface area (Å²) in [7, 11) is 1.85. The van der Waals surface area contributed by atoms with Crippen LogP contribution in [0.2, 0.25) is 0 Å². The number of hydrogen-bond donors (Lipinski definition) is 1. The molecule has 3 heteroatoms. The van der Waals surface area contributed by atoms with Crippen LogP contribution in [0.3, 0.4) is 0 Å². The monoisotopic (exact) mass is 285 g/mol. The Morgan fingerprint density at radius 3 is 2.67 bits per heavy atom. The molecule has 0 aromatic heterocycles. The van der Waals surface area contributed by atoms with Gasteiger partial charge in [-0.05, 0) is 56.1 Å². The van der Waals surface area contributed by atoms with Crippen molar-refractivity contribution in [3.8, 4) is 5.75 Å². The van der Waals surface area contributed by atoms with Crippen LogP contribution in [-0.2, 0) is 0 Å². The van der Waals surface area contributed by atoms with Gasteiger partial charge in [0.15, 0.2) is 0 Å². The third-order valence-electron chi connectivity index (χ3n) is 3.77. The van der Waals surface area contributed by atoms with Gasteiger partial charge in [0.1, 0.15) is 11.6 Å². The zero-order chi connectivity index (χ0) is 14.8. The van der Waals surface area contributed by atoms with E-state index in [0.717, 1.165) is 29.7 Å². The summed E-state index contributed by atoms with van der Waals surface area (Å²) in [6, 6.07) is 13.1. The molecule has 2 aromatic rings. The van der Waals surface area contributed by atoms with E-state index in [2.05, 4.69) is 5.32 Å². The second kappa shape index (κ2) is 5.86. The average molecular weight is 285 g/mol. The Kier molecular flexibility index (Phi) is 3.93. The summed E-state index contributed by atoms with van der Waals surface area (Å²) in [6.07, 6.45) is 2.63. The lowest BCUT2D eigenvalue weighted by Crippen LogP contribution is -2.19. The number of aryl methyl sites for hydroxylation is 1. The third-order valence-corrected chi connectivity index (χ3v) is 3.77. The van der Waals surface area contributed by atoms with E-state index in [9.17, 15) is 4.39 Å². The highest BCUT2D eigenvalue weighted by Gasteiger charge is 2.24. The van der Waals surface area contributed by atoms with Crippen molar-refractivity contribution in [3.05, 3.63) is 65.0 Å². The molecule has 1 N–H and O–H groups in total. The van der Waals surface area contributed by atoms with E-state index >= 15 is 0 Å². The fourth-order valence-corrected chi connectivity index (χ4v) is 2.51. The minimum Gasteiger partial charge on any atom is -0.490 e. The zero-order valence-corrected chi connectivity index (χ0v) is 12.4. The lowest BCUT2D eigenvalue weighted by Gasteiger charge is -2.19. The van der Waals surface area contributed by atoms with Crippen LogP contribution in [0.15, 0.2) is 42.5 Å². The number of halogens is 1. The van der Waals surface area contributed by atoms with Gasteiger partial charge in [-0.2, -0.15) is 0 Å². The summed E-state index contributed by atoms with van der Waals surface area (Å²) in [5.41, 5.74) is 2.60. The molecule has 0 saturated heterocycles. The lowest BCUT2D eigenvalue weighted by atomic mass is 9.97. The largest absolute Gasteiger partial charge is 0.490 e. The van der Waals surface area contributed by atoms with Crippen molar-refractivity contribution in [2.75, 3.05) is 7.05 Å². The molecule has 1 aliphatic rings. The Morgan fingerprint density at radius 1 is 1.19 bits per heavy atom. The fraction of sp³-hybridized carbons (Fsp3) is 0.333. The van der Waals surface area contributed by atoms with Crippen molar-refractivity contribution in [2.45, 2.75) is 31.9 Å². The van der Waals surface area contributed by atoms with Gasteiger partial charge in [-0.25, -0.2) is 4.39 Å². The van der Waals surface area contributed by atoms with Gasteiger partial charge in [0, 0.05) is 5.56 Å². The predicted molar refractivity (Wildman–Crippen MR) is 82.1 cm³/mol. The van der Waals surface area contributed by atoms with Crippen LogP contribution in [0.4, 0.5) is 4.39 Å². The molecular weight excluding hydrogens is 265 g/mol. The van der Waals surface area contributed by atoms with E-state index in [0.29, 0.717) is 11.7 Å². The molecule has 2 nitrogen and oxygen atoms in total. The van der Waals surface area contributed by atoms with Crippen LogP contribution in [-0.4, -0.2) is 13.2 Å². The van der Waals surface area contributed by atoms with Crippen molar-refractivity contribution in [2.24, 2.45) is 0 Å². The summed E-state index contributed by atoms with van der Waals surface area (Å²) >= 11 is 0. The first-order valence-corrected chi connectivity index (χ1v) is 7.37. The van der Waals surface area contributed by atoms with Crippen molar-refractivity contribution in [1.29, 1.82) is 0 Å². The number of hydrogen-bond acceptors (Lipinski definition) is 2. The molecule has 0 spiro atoms. The van der Waals surface area contributed by atoms with Gasteiger partial charge >= 0.3 is 0 Å². The summed E-state index contributed by atoms with van der Waals surface area (Å²) < 4.78 is 20.0. The van der Waals surface area contributed by atoms with E-state index in [-0.39, 0.29) is 11.9 Å². The second-order valence-corrected chi connectivity index (χ2v) is 5.64. The number of benzene rings is 2. The maximum Gasteiger partial charge on any atom is 0.128 e. The van der Waals surface area contributed by atoms with Gasteiger partial charge in [0.25, 0.3) is 0 Å². The first-order valence-electron chi connectivity index (χ1n) is 7.37. The molecule has 1 aliphatic carbocycles. The fourth-order valence-electron chi connectivity index (χ4n) is 2.51. The van der Waals surface area contributed by atoms with E-state index in [4.69, 9.17) is 4.74 Å². The molecule has 110 valence electrons. The summed E-state index contributed by atoms with van der Waals surface area (Å²) in [5, 5.41) is 3.20. The van der Waals surface area contributed by atoms with Gasteiger partial charge in [-0.3, -0.25) is 0 Å². The van der Waals surface area contributed by atoms with Crippen molar-refractivity contribution in [1.82, 2.24) is 5.32 Å². The van der Waals surface area contributed by atoms with Crippen LogP contribution in [0.1, 0.15) is 35.6 Å². The first-order chi connectivity index (χ1) is 10.2. The van der Waals surface area contributed by atoms with E-state index < -0.39 is 0 Å². The summed E-state index contributed by atoms with van der Waals surface area (Å²) in [4.78, 5) is 0. The molecule has 1 saturated carbocycles. The van der Waals surface area contributed by atoms with Crippen LogP contribution < -0.4 is 10.1 Å². The summed E-state index contributed by atoms with van der Waals surface area (Å²) in [5.74, 6) is 0.686. The van der Waals surface area contributed by atoms with Crippen LogP contribution in [0, 0.1) is 12.7 Å². The van der Waals surface area contributed by atoms with Crippen molar-refractivity contribution >= 4 is 0 Å². The van der Waals surface area contributed by atoms with Crippen LogP contribution in [0.25, 0.3) is 0 Å². The van der Waals surface area contributed by atoms with E-state index in [1.165, 1.54) is 0 Å². The topological polar surface area (TPSA) is 21.3 Å². The Bertz CT molecular complexity index is 637. The van der Waals surface area contributed by atoms with Gasteiger partial charge in [-0.1, -0.05) is 24.3 Å². The number of ether oxygens (including phenoxy) is 1. The number of rotatable bonds is 5. The van der Waals surface area contributed by atoms with Crippen LogP contribution in [0.5, 0.6) is 5.75 Å². The molecule has 1 atom stereocenters. The molecule has 2 aromatic carbocycles. The highest BCUT2D eigenvalue weighted by Crippen LogP contribution is 2.30. The van der Waals surface area contributed by atoms with Crippen molar-refractivity contribution in [3.63, 3.8) is 0 Å². The molecule has 3 rings (SSSR count). The van der Waals surface area contributed by atoms with Gasteiger partial charge in [0.05, 0.1) is 12.1 Å². The predicted octanol–water partition coefficient (Wildman–Crippen LogP) is 3.98. The molecule has 0 amide bonds.